The van der Waals surface area contributed by atoms with Crippen LogP contribution < -0.4 is 0 Å². The molecule has 4 heteroatoms. The average molecular weight is 371 g/mol. The van der Waals surface area contributed by atoms with Crippen LogP contribution in [0.25, 0.3) is 10.8 Å². The van der Waals surface area contributed by atoms with Crippen LogP contribution in [0, 0.1) is 5.92 Å². The first-order valence-electron chi connectivity index (χ1n) is 10.2. The Balaban J connectivity index is 1.39. The molecule has 2 aromatic carbocycles. The van der Waals surface area contributed by atoms with Crippen molar-refractivity contribution in [2.75, 3.05) is 19.6 Å². The molecule has 3 aliphatic rings. The summed E-state index contributed by atoms with van der Waals surface area (Å²) < 4.78 is 0. The molecule has 3 aromatic rings. The van der Waals surface area contributed by atoms with Gasteiger partial charge in [0.25, 0.3) is 5.91 Å². The first-order valence-corrected chi connectivity index (χ1v) is 10.2. The number of carbonyl (C=O) groups is 1. The van der Waals surface area contributed by atoms with Crippen molar-refractivity contribution in [3.05, 3.63) is 78.1 Å². The molecule has 0 aliphatic carbocycles. The predicted molar refractivity (Wildman–Crippen MR) is 111 cm³/mol. The van der Waals surface area contributed by atoms with Crippen LogP contribution in [0.4, 0.5) is 0 Å². The van der Waals surface area contributed by atoms with E-state index in [9.17, 15) is 4.79 Å². The molecule has 0 unspecified atom stereocenters. The number of carbonyl (C=O) groups excluding carboxylic acids is 1. The summed E-state index contributed by atoms with van der Waals surface area (Å²) in [5.41, 5.74) is 1.94. The fourth-order valence-corrected chi connectivity index (χ4v) is 4.80. The molecule has 1 amide bonds. The van der Waals surface area contributed by atoms with Crippen LogP contribution in [0.3, 0.4) is 0 Å². The molecular weight excluding hydrogens is 346 g/mol. The van der Waals surface area contributed by atoms with E-state index in [-0.39, 0.29) is 5.91 Å². The monoisotopic (exact) mass is 371 g/mol. The molecule has 142 valence electrons. The van der Waals surface area contributed by atoms with Crippen molar-refractivity contribution in [3.63, 3.8) is 0 Å². The fourth-order valence-electron chi connectivity index (χ4n) is 4.80. The molecule has 1 aromatic heterocycles. The Morgan fingerprint density at radius 1 is 0.929 bits per heavy atom. The minimum Gasteiger partial charge on any atom is -0.335 e. The Bertz CT molecular complexity index is 982. The van der Waals surface area contributed by atoms with Gasteiger partial charge in [-0.15, -0.1) is 0 Å². The van der Waals surface area contributed by atoms with Gasteiger partial charge in [0.15, 0.2) is 0 Å². The minimum atomic E-state index is 0.0789. The van der Waals surface area contributed by atoms with Gasteiger partial charge >= 0.3 is 0 Å². The molecule has 0 spiro atoms. The van der Waals surface area contributed by atoms with Crippen LogP contribution in [-0.4, -0.2) is 46.4 Å². The van der Waals surface area contributed by atoms with Gasteiger partial charge in [-0.1, -0.05) is 54.6 Å². The number of aromatic nitrogens is 1. The van der Waals surface area contributed by atoms with Gasteiger partial charge in [0, 0.05) is 43.8 Å². The number of piperidine rings is 1. The molecule has 6 rings (SSSR count). The van der Waals surface area contributed by atoms with E-state index in [4.69, 9.17) is 0 Å². The van der Waals surface area contributed by atoms with E-state index < -0.39 is 0 Å². The van der Waals surface area contributed by atoms with Crippen molar-refractivity contribution in [1.82, 2.24) is 14.8 Å². The van der Waals surface area contributed by atoms with E-state index in [1.807, 2.05) is 30.3 Å². The van der Waals surface area contributed by atoms with Crippen molar-refractivity contribution >= 4 is 16.7 Å². The average Bonchev–Trinajstić information content (AvgIpc) is 3.05. The molecule has 28 heavy (non-hydrogen) atoms. The third-order valence-electron chi connectivity index (χ3n) is 6.22. The highest BCUT2D eigenvalue weighted by atomic mass is 16.2. The molecule has 0 radical (unpaired) electrons. The maximum Gasteiger partial charge on any atom is 0.273 e. The second-order valence-electron chi connectivity index (χ2n) is 8.10. The number of fused-ring (bicyclic) bond motifs is 5. The minimum absolute atomic E-state index is 0.0789. The molecule has 3 fully saturated rings. The lowest BCUT2D eigenvalue weighted by Gasteiger charge is -2.36. The zero-order valence-corrected chi connectivity index (χ0v) is 16.0. The molecule has 2 atom stereocenters. The van der Waals surface area contributed by atoms with Crippen molar-refractivity contribution in [2.45, 2.75) is 25.4 Å². The van der Waals surface area contributed by atoms with Gasteiger partial charge < -0.3 is 4.90 Å². The smallest absolute Gasteiger partial charge is 0.273 e. The maximum atomic E-state index is 13.4. The number of hydrogen-bond donors (Lipinski definition) is 0. The first kappa shape index (κ1) is 17.4. The van der Waals surface area contributed by atoms with E-state index in [0.717, 1.165) is 37.0 Å². The van der Waals surface area contributed by atoms with Crippen molar-refractivity contribution in [1.29, 1.82) is 0 Å². The topological polar surface area (TPSA) is 36.4 Å². The van der Waals surface area contributed by atoms with E-state index >= 15 is 0 Å². The van der Waals surface area contributed by atoms with E-state index in [2.05, 4.69) is 45.1 Å². The Morgan fingerprint density at radius 3 is 2.64 bits per heavy atom. The normalized spacial score (nSPS) is 22.4. The number of hydrogen-bond acceptors (Lipinski definition) is 3. The van der Waals surface area contributed by atoms with Crippen molar-refractivity contribution < 1.29 is 4.79 Å². The zero-order chi connectivity index (χ0) is 18.9. The largest absolute Gasteiger partial charge is 0.335 e. The molecule has 3 saturated heterocycles. The van der Waals surface area contributed by atoms with Crippen LogP contribution in [-0.2, 0) is 6.54 Å². The predicted octanol–water partition coefficient (Wildman–Crippen LogP) is 3.97. The summed E-state index contributed by atoms with van der Waals surface area (Å²) in [5.74, 6) is 0.622. The zero-order valence-electron chi connectivity index (χ0n) is 16.0. The maximum absolute atomic E-state index is 13.4. The fraction of sp³-hybridized carbons (Fsp3) is 0.333. The Labute approximate surface area is 165 Å². The first-order chi connectivity index (χ1) is 13.8. The number of amides is 1. The van der Waals surface area contributed by atoms with Gasteiger partial charge in [-0.05, 0) is 35.8 Å². The SMILES string of the molecule is O=C(c1nccc2ccccc12)N1C[C@@H]2CC[C@H](C1)N(Cc1ccccc1)C2. The van der Waals surface area contributed by atoms with Gasteiger partial charge in [-0.3, -0.25) is 14.7 Å². The summed E-state index contributed by atoms with van der Waals surface area (Å²) in [6, 6.07) is 21.1. The number of rotatable bonds is 3. The summed E-state index contributed by atoms with van der Waals surface area (Å²) in [7, 11) is 0. The van der Waals surface area contributed by atoms with E-state index in [1.165, 1.54) is 18.4 Å². The van der Waals surface area contributed by atoms with Crippen LogP contribution in [0.1, 0.15) is 28.9 Å². The van der Waals surface area contributed by atoms with Crippen LogP contribution in [0.5, 0.6) is 0 Å². The molecular formula is C24H25N3O. The number of nitrogens with zero attached hydrogens (tertiary/aromatic N) is 3. The third kappa shape index (κ3) is 3.29. The van der Waals surface area contributed by atoms with Gasteiger partial charge in [-0.2, -0.15) is 0 Å². The highest BCUT2D eigenvalue weighted by molar-refractivity contribution is 6.05. The van der Waals surface area contributed by atoms with Crippen molar-refractivity contribution in [3.8, 4) is 0 Å². The Morgan fingerprint density at radius 2 is 1.75 bits per heavy atom. The van der Waals surface area contributed by atoms with Gasteiger partial charge in [0.1, 0.15) is 5.69 Å². The molecule has 4 heterocycles. The Kier molecular flexibility index (Phi) is 4.57. The summed E-state index contributed by atoms with van der Waals surface area (Å²) >= 11 is 0. The van der Waals surface area contributed by atoms with Crippen LogP contribution >= 0.6 is 0 Å². The highest BCUT2D eigenvalue weighted by Crippen LogP contribution is 2.30. The molecule has 4 nitrogen and oxygen atoms in total. The lowest BCUT2D eigenvalue weighted by Crippen LogP contribution is -2.44. The lowest BCUT2D eigenvalue weighted by molar-refractivity contribution is 0.0732. The van der Waals surface area contributed by atoms with Crippen LogP contribution in [0.15, 0.2) is 66.9 Å². The molecule has 2 bridgehead atoms. The quantitative estimate of drug-likeness (QED) is 0.699. The molecule has 0 saturated carbocycles. The highest BCUT2D eigenvalue weighted by Gasteiger charge is 2.37. The molecule has 3 aliphatic heterocycles. The van der Waals surface area contributed by atoms with Gasteiger partial charge in [0.05, 0.1) is 0 Å². The van der Waals surface area contributed by atoms with Gasteiger partial charge in [-0.25, -0.2) is 0 Å². The summed E-state index contributed by atoms with van der Waals surface area (Å²) in [4.78, 5) is 22.5. The van der Waals surface area contributed by atoms with Crippen molar-refractivity contribution in [2.24, 2.45) is 5.92 Å². The van der Waals surface area contributed by atoms with E-state index in [0.29, 0.717) is 17.7 Å². The second-order valence-corrected chi connectivity index (χ2v) is 8.10. The third-order valence-corrected chi connectivity index (χ3v) is 6.22. The van der Waals surface area contributed by atoms with E-state index in [1.54, 1.807) is 6.20 Å². The molecule has 0 N–H and O–H groups in total. The van der Waals surface area contributed by atoms with Gasteiger partial charge in [0.2, 0.25) is 0 Å². The second kappa shape index (κ2) is 7.36. The number of pyridine rings is 1. The summed E-state index contributed by atoms with van der Waals surface area (Å²) in [6.45, 7) is 3.68. The standard InChI is InChI=1S/C24H25N3O/c28-24(23-22-9-5-4-8-20(22)12-13-25-23)27-16-19-10-11-21(17-27)26(15-19)14-18-6-2-1-3-7-18/h1-9,12-13,19,21H,10-11,14-17H2/t19-,21-/m1/s1. The summed E-state index contributed by atoms with van der Waals surface area (Å²) in [6.07, 6.45) is 4.14. The summed E-state index contributed by atoms with van der Waals surface area (Å²) in [5, 5.41) is 2.03. The number of benzene rings is 2. The van der Waals surface area contributed by atoms with Crippen LogP contribution in [0.2, 0.25) is 0 Å². The lowest BCUT2D eigenvalue weighted by atomic mass is 9.94. The Hall–Kier alpha value is -2.72.